The molecule has 17 heavy (non-hydrogen) atoms. The summed E-state index contributed by atoms with van der Waals surface area (Å²) in [7, 11) is 0. The van der Waals surface area contributed by atoms with E-state index in [2.05, 4.69) is 32.2 Å². The summed E-state index contributed by atoms with van der Waals surface area (Å²) >= 11 is 0. The van der Waals surface area contributed by atoms with Crippen LogP contribution in [0.15, 0.2) is 42.2 Å². The third-order valence-electron chi connectivity index (χ3n) is 3.08. The molecule has 2 aromatic rings. The third kappa shape index (κ3) is 2.17. The number of rotatable bonds is 3. The number of fused-ring (bicyclic) bond motifs is 1. The summed E-state index contributed by atoms with van der Waals surface area (Å²) in [6, 6.07) is 6.12. The van der Waals surface area contributed by atoms with Crippen LogP contribution in [0.2, 0.25) is 0 Å². The van der Waals surface area contributed by atoms with Gasteiger partial charge in [0.2, 0.25) is 0 Å². The Morgan fingerprint density at radius 2 is 2.41 bits per heavy atom. The van der Waals surface area contributed by atoms with Crippen LogP contribution >= 0.6 is 0 Å². The van der Waals surface area contributed by atoms with Crippen LogP contribution in [0.1, 0.15) is 6.42 Å². The van der Waals surface area contributed by atoms with Gasteiger partial charge in [0.05, 0.1) is 0 Å². The van der Waals surface area contributed by atoms with Gasteiger partial charge >= 0.3 is 0 Å². The molecule has 0 amide bonds. The molecule has 0 saturated carbocycles. The first-order valence-electron chi connectivity index (χ1n) is 5.98. The van der Waals surface area contributed by atoms with Crippen molar-refractivity contribution < 1.29 is 0 Å². The molecular weight excluding hydrogens is 212 g/mol. The largest absolute Gasteiger partial charge is 0.367 e. The van der Waals surface area contributed by atoms with Crippen LogP contribution in [-0.2, 0) is 0 Å². The van der Waals surface area contributed by atoms with Gasteiger partial charge in [0.25, 0.3) is 0 Å². The maximum atomic E-state index is 4.27. The van der Waals surface area contributed by atoms with Crippen molar-refractivity contribution in [2.24, 2.45) is 0 Å². The van der Waals surface area contributed by atoms with Gasteiger partial charge in [-0.2, -0.15) is 0 Å². The summed E-state index contributed by atoms with van der Waals surface area (Å²) in [4.78, 5) is 4.27. The molecule has 0 aromatic carbocycles. The molecule has 0 aliphatic carbocycles. The van der Waals surface area contributed by atoms with Gasteiger partial charge in [0.1, 0.15) is 11.5 Å². The summed E-state index contributed by atoms with van der Waals surface area (Å²) < 4.78 is 2.07. The molecule has 0 spiro atoms. The minimum Gasteiger partial charge on any atom is -0.367 e. The fourth-order valence-electron chi connectivity index (χ4n) is 2.13. The average Bonchev–Trinajstić information content (AvgIpc) is 2.86. The molecule has 1 aliphatic heterocycles. The highest BCUT2D eigenvalue weighted by atomic mass is 15.1. The Balaban J connectivity index is 1.76. The topological polar surface area (TPSA) is 41.4 Å². The number of hydrogen-bond acceptors (Lipinski definition) is 3. The van der Waals surface area contributed by atoms with E-state index in [1.54, 1.807) is 0 Å². The van der Waals surface area contributed by atoms with E-state index in [0.717, 1.165) is 37.5 Å². The highest BCUT2D eigenvalue weighted by Gasteiger charge is 2.04. The molecule has 1 aliphatic rings. The predicted molar refractivity (Wildman–Crippen MR) is 69.3 cm³/mol. The summed E-state index contributed by atoms with van der Waals surface area (Å²) in [6.45, 7) is 2.99. The van der Waals surface area contributed by atoms with Gasteiger partial charge in [-0.1, -0.05) is 17.7 Å². The second kappa shape index (κ2) is 4.59. The fourth-order valence-corrected chi connectivity index (χ4v) is 2.13. The third-order valence-corrected chi connectivity index (χ3v) is 3.08. The molecular formula is C13H16N4. The molecule has 2 N–H and O–H groups in total. The Bertz CT molecular complexity index is 541. The van der Waals surface area contributed by atoms with E-state index in [4.69, 9.17) is 0 Å². The van der Waals surface area contributed by atoms with E-state index >= 15 is 0 Å². The Morgan fingerprint density at radius 3 is 3.29 bits per heavy atom. The van der Waals surface area contributed by atoms with Crippen LogP contribution in [0.3, 0.4) is 0 Å². The lowest BCUT2D eigenvalue weighted by Gasteiger charge is -2.15. The number of hydrogen-bond donors (Lipinski definition) is 2. The van der Waals surface area contributed by atoms with Gasteiger partial charge in [-0.05, 0) is 25.1 Å². The van der Waals surface area contributed by atoms with Gasteiger partial charge in [0, 0.05) is 25.5 Å². The van der Waals surface area contributed by atoms with E-state index in [-0.39, 0.29) is 0 Å². The minimum atomic E-state index is 0.916. The molecule has 2 aromatic heterocycles. The van der Waals surface area contributed by atoms with Crippen molar-refractivity contribution in [3.8, 4) is 0 Å². The van der Waals surface area contributed by atoms with Crippen LogP contribution in [0.25, 0.3) is 5.65 Å². The second-order valence-corrected chi connectivity index (χ2v) is 4.24. The number of imidazole rings is 1. The smallest absolute Gasteiger partial charge is 0.138 e. The van der Waals surface area contributed by atoms with Gasteiger partial charge in [0.15, 0.2) is 0 Å². The molecule has 0 atom stereocenters. The number of nitrogens with zero attached hydrogens (tertiary/aromatic N) is 2. The second-order valence-electron chi connectivity index (χ2n) is 4.24. The normalized spacial score (nSPS) is 15.9. The van der Waals surface area contributed by atoms with Crippen molar-refractivity contribution in [3.63, 3.8) is 0 Å². The van der Waals surface area contributed by atoms with E-state index in [1.165, 1.54) is 5.57 Å². The quantitative estimate of drug-likeness (QED) is 0.785. The van der Waals surface area contributed by atoms with Crippen LogP contribution in [0.4, 0.5) is 5.82 Å². The van der Waals surface area contributed by atoms with E-state index in [9.17, 15) is 0 Å². The van der Waals surface area contributed by atoms with Crippen molar-refractivity contribution >= 4 is 11.5 Å². The molecule has 0 fully saturated rings. The van der Waals surface area contributed by atoms with Crippen molar-refractivity contribution in [2.45, 2.75) is 6.42 Å². The Labute approximate surface area is 100 Å². The van der Waals surface area contributed by atoms with Crippen LogP contribution in [0, 0.1) is 0 Å². The highest BCUT2D eigenvalue weighted by molar-refractivity contribution is 5.50. The average molecular weight is 228 g/mol. The lowest BCUT2D eigenvalue weighted by Crippen LogP contribution is -2.23. The molecule has 0 bridgehead atoms. The molecule has 0 radical (unpaired) electrons. The molecule has 4 heteroatoms. The monoisotopic (exact) mass is 228 g/mol. The first kappa shape index (κ1) is 10.4. The first-order valence-corrected chi connectivity index (χ1v) is 5.98. The predicted octanol–water partition coefficient (Wildman–Crippen LogP) is 1.67. The molecule has 3 heterocycles. The molecule has 4 nitrogen and oxygen atoms in total. The van der Waals surface area contributed by atoms with Gasteiger partial charge in [-0.15, -0.1) is 0 Å². The van der Waals surface area contributed by atoms with Crippen molar-refractivity contribution in [1.29, 1.82) is 0 Å². The summed E-state index contributed by atoms with van der Waals surface area (Å²) in [5.74, 6) is 1.10. The van der Waals surface area contributed by atoms with Crippen molar-refractivity contribution in [2.75, 3.05) is 25.0 Å². The minimum absolute atomic E-state index is 0.916. The zero-order valence-electron chi connectivity index (χ0n) is 9.69. The zero-order valence-corrected chi connectivity index (χ0v) is 9.69. The van der Waals surface area contributed by atoms with Gasteiger partial charge in [-0.25, -0.2) is 4.98 Å². The Kier molecular flexibility index (Phi) is 2.80. The van der Waals surface area contributed by atoms with Crippen LogP contribution in [-0.4, -0.2) is 29.0 Å². The van der Waals surface area contributed by atoms with Crippen molar-refractivity contribution in [1.82, 2.24) is 14.7 Å². The summed E-state index contributed by atoms with van der Waals surface area (Å²) in [5, 5.41) is 6.79. The number of anilines is 1. The molecule has 0 saturated heterocycles. The Hall–Kier alpha value is -1.81. The number of aromatic nitrogens is 2. The molecule has 88 valence electrons. The Morgan fingerprint density at radius 1 is 1.41 bits per heavy atom. The van der Waals surface area contributed by atoms with E-state index < -0.39 is 0 Å². The van der Waals surface area contributed by atoms with Crippen LogP contribution in [0.5, 0.6) is 0 Å². The fraction of sp³-hybridized carbons (Fsp3) is 0.308. The number of nitrogens with one attached hydrogen (secondary N) is 2. The zero-order chi connectivity index (χ0) is 11.5. The standard InChI is InChI=1S/C13H16N4/c1-2-12-15-8-9-17(12)13(3-1)16-10-11-4-6-14-7-5-11/h1-4,8-9,14,16H,5-7,10H2. The van der Waals surface area contributed by atoms with Crippen molar-refractivity contribution in [3.05, 3.63) is 42.2 Å². The first-order chi connectivity index (χ1) is 8.43. The van der Waals surface area contributed by atoms with Crippen LogP contribution < -0.4 is 10.6 Å². The maximum absolute atomic E-state index is 4.27. The summed E-state index contributed by atoms with van der Waals surface area (Å²) in [6.07, 6.45) is 7.20. The summed E-state index contributed by atoms with van der Waals surface area (Å²) in [5.41, 5.74) is 2.45. The highest BCUT2D eigenvalue weighted by Crippen LogP contribution is 2.12. The van der Waals surface area contributed by atoms with E-state index in [1.807, 2.05) is 24.5 Å². The lowest BCUT2D eigenvalue weighted by atomic mass is 10.1. The van der Waals surface area contributed by atoms with E-state index in [0.29, 0.717) is 0 Å². The SMILES string of the molecule is C1=C(CNc2cccc3nccn23)CCNC1. The molecule has 3 rings (SSSR count). The van der Waals surface area contributed by atoms with Gasteiger partial charge in [-0.3, -0.25) is 4.40 Å². The number of pyridine rings is 1. The maximum Gasteiger partial charge on any atom is 0.138 e. The molecule has 0 unspecified atom stereocenters. The lowest BCUT2D eigenvalue weighted by molar-refractivity contribution is 0.697. The van der Waals surface area contributed by atoms with Gasteiger partial charge < -0.3 is 10.6 Å².